The molecular weight excluding hydrogens is 525 g/mol. The summed E-state index contributed by atoms with van der Waals surface area (Å²) in [5, 5.41) is 9.89. The zero-order chi connectivity index (χ0) is 22.8. The summed E-state index contributed by atoms with van der Waals surface area (Å²) in [7, 11) is 3.99. The molecule has 0 bridgehead atoms. The smallest absolute Gasteiger partial charge is 0.251 e. The molecule has 7 heteroatoms. The molecule has 0 radical (unpaired) electrons. The molecule has 33 heavy (non-hydrogen) atoms. The van der Waals surface area contributed by atoms with E-state index in [1.54, 1.807) is 0 Å². The number of aliphatic imine (C=N–C) groups is 1. The number of hydrogen-bond donors (Lipinski definition) is 3. The Morgan fingerprint density at radius 1 is 1.03 bits per heavy atom. The van der Waals surface area contributed by atoms with Gasteiger partial charge in [-0.15, -0.1) is 24.0 Å². The summed E-state index contributed by atoms with van der Waals surface area (Å²) in [5.74, 6) is 0.771. The van der Waals surface area contributed by atoms with Gasteiger partial charge in [0.05, 0.1) is 6.54 Å². The third-order valence-corrected chi connectivity index (χ3v) is 6.09. The molecule has 0 heterocycles. The highest BCUT2D eigenvalue weighted by atomic mass is 127. The molecule has 1 aliphatic rings. The lowest BCUT2D eigenvalue weighted by atomic mass is 9.64. The Bertz CT molecular complexity index is 897. The molecule has 0 spiro atoms. The van der Waals surface area contributed by atoms with Crippen molar-refractivity contribution in [3.8, 4) is 0 Å². The predicted octanol–water partition coefficient (Wildman–Crippen LogP) is 3.77. The second-order valence-electron chi connectivity index (χ2n) is 8.81. The van der Waals surface area contributed by atoms with Crippen molar-refractivity contribution >= 4 is 35.8 Å². The summed E-state index contributed by atoms with van der Waals surface area (Å²) in [5.41, 5.74) is 3.29. The summed E-state index contributed by atoms with van der Waals surface area (Å²) in [6.07, 6.45) is 3.68. The Morgan fingerprint density at radius 3 is 2.42 bits per heavy atom. The number of nitrogens with zero attached hydrogens (tertiary/aromatic N) is 2. The van der Waals surface area contributed by atoms with Crippen LogP contribution in [0.25, 0.3) is 0 Å². The van der Waals surface area contributed by atoms with Gasteiger partial charge in [0, 0.05) is 37.2 Å². The summed E-state index contributed by atoms with van der Waals surface area (Å²) >= 11 is 0. The molecule has 1 fully saturated rings. The largest absolute Gasteiger partial charge is 0.357 e. The van der Waals surface area contributed by atoms with Crippen LogP contribution in [0.4, 0.5) is 0 Å². The molecule has 3 N–H and O–H groups in total. The highest BCUT2D eigenvalue weighted by Crippen LogP contribution is 2.43. The lowest BCUT2D eigenvalue weighted by Gasteiger charge is -2.43. The van der Waals surface area contributed by atoms with Crippen LogP contribution >= 0.6 is 24.0 Å². The Kier molecular flexibility index (Phi) is 11.1. The molecule has 0 aliphatic heterocycles. The molecular formula is C26H38IN5O. The van der Waals surface area contributed by atoms with E-state index in [1.165, 1.54) is 24.8 Å². The van der Waals surface area contributed by atoms with E-state index in [9.17, 15) is 4.79 Å². The minimum Gasteiger partial charge on any atom is -0.357 e. The van der Waals surface area contributed by atoms with Gasteiger partial charge in [-0.05, 0) is 57.1 Å². The fourth-order valence-corrected chi connectivity index (χ4v) is 4.03. The number of guanidine groups is 1. The first kappa shape index (κ1) is 27.1. The van der Waals surface area contributed by atoms with Crippen LogP contribution in [0.5, 0.6) is 0 Å². The number of rotatable bonds is 10. The number of halogens is 1. The van der Waals surface area contributed by atoms with Gasteiger partial charge in [0.2, 0.25) is 0 Å². The number of amides is 1. The molecule has 2 aromatic carbocycles. The quantitative estimate of drug-likeness (QED) is 0.234. The highest BCUT2D eigenvalue weighted by Gasteiger charge is 2.38. The van der Waals surface area contributed by atoms with Gasteiger partial charge >= 0.3 is 0 Å². The zero-order valence-electron chi connectivity index (χ0n) is 20.1. The first-order chi connectivity index (χ1) is 15.5. The first-order valence-electron chi connectivity index (χ1n) is 11.6. The number of likely N-dealkylation sites (N-methyl/N-ethyl adjacent to an activating group) is 1. The summed E-state index contributed by atoms with van der Waals surface area (Å²) in [6, 6.07) is 18.5. The zero-order valence-corrected chi connectivity index (χ0v) is 22.4. The molecule has 1 saturated carbocycles. The maximum atomic E-state index is 12.4. The number of benzene rings is 2. The molecule has 0 unspecified atom stereocenters. The third kappa shape index (κ3) is 7.99. The maximum absolute atomic E-state index is 12.4. The predicted molar refractivity (Wildman–Crippen MR) is 148 cm³/mol. The van der Waals surface area contributed by atoms with E-state index in [0.29, 0.717) is 18.7 Å². The standard InChI is InChI=1S/C26H37N5O.HI/c1-4-27-25(30-20-26(14-9-15-26)23-12-6-5-7-13-23)29-19-21-10-8-11-22(18-21)24(32)28-16-17-31(2)3;/h5-8,10-13,18H,4,9,14-17,19-20H2,1-3H3,(H,28,32)(H2,27,29,30);1H. The van der Waals surface area contributed by atoms with Crippen molar-refractivity contribution in [1.29, 1.82) is 0 Å². The summed E-state index contributed by atoms with van der Waals surface area (Å²) in [4.78, 5) is 19.2. The average molecular weight is 564 g/mol. The van der Waals surface area contributed by atoms with E-state index in [0.717, 1.165) is 31.2 Å². The van der Waals surface area contributed by atoms with Crippen LogP contribution in [0.1, 0.15) is 47.7 Å². The van der Waals surface area contributed by atoms with Crippen LogP contribution in [0.15, 0.2) is 59.6 Å². The maximum Gasteiger partial charge on any atom is 0.251 e. The van der Waals surface area contributed by atoms with Gasteiger partial charge in [-0.2, -0.15) is 0 Å². The summed E-state index contributed by atoms with van der Waals surface area (Å²) < 4.78 is 0. The fraction of sp³-hybridized carbons (Fsp3) is 0.462. The number of hydrogen-bond acceptors (Lipinski definition) is 3. The van der Waals surface area contributed by atoms with Crippen molar-refractivity contribution in [2.24, 2.45) is 4.99 Å². The van der Waals surface area contributed by atoms with Crippen LogP contribution in [0.2, 0.25) is 0 Å². The van der Waals surface area contributed by atoms with Crippen LogP contribution in [0.3, 0.4) is 0 Å². The second-order valence-corrected chi connectivity index (χ2v) is 8.81. The van der Waals surface area contributed by atoms with Crippen LogP contribution < -0.4 is 16.0 Å². The van der Waals surface area contributed by atoms with Gasteiger partial charge in [-0.1, -0.05) is 48.9 Å². The number of carbonyl (C=O) groups excluding carboxylic acids is 1. The molecule has 180 valence electrons. The Labute approximate surface area is 215 Å². The summed E-state index contributed by atoms with van der Waals surface area (Å²) in [6.45, 7) is 5.72. The molecule has 0 atom stereocenters. The van der Waals surface area contributed by atoms with Crippen molar-refractivity contribution in [3.05, 3.63) is 71.3 Å². The third-order valence-electron chi connectivity index (χ3n) is 6.09. The van der Waals surface area contributed by atoms with Crippen molar-refractivity contribution in [3.63, 3.8) is 0 Å². The SMILES string of the molecule is CCNC(=NCc1cccc(C(=O)NCCN(C)C)c1)NCC1(c2ccccc2)CCC1.I. The van der Waals surface area contributed by atoms with Crippen molar-refractivity contribution in [2.45, 2.75) is 38.1 Å². The van der Waals surface area contributed by atoms with Gasteiger partial charge in [0.15, 0.2) is 5.96 Å². The normalized spacial score (nSPS) is 14.7. The first-order valence-corrected chi connectivity index (χ1v) is 11.6. The highest BCUT2D eigenvalue weighted by molar-refractivity contribution is 14.0. The Hall–Kier alpha value is -2.13. The molecule has 1 aliphatic carbocycles. The van der Waals surface area contributed by atoms with E-state index < -0.39 is 0 Å². The Balaban J connectivity index is 0.00000385. The van der Waals surface area contributed by atoms with E-state index in [-0.39, 0.29) is 35.3 Å². The van der Waals surface area contributed by atoms with Gasteiger partial charge in [0.25, 0.3) is 5.91 Å². The van der Waals surface area contributed by atoms with Crippen LogP contribution in [-0.2, 0) is 12.0 Å². The monoisotopic (exact) mass is 563 g/mol. The van der Waals surface area contributed by atoms with Gasteiger partial charge in [-0.25, -0.2) is 4.99 Å². The number of carbonyl (C=O) groups is 1. The van der Waals surface area contributed by atoms with Gasteiger partial charge < -0.3 is 20.9 Å². The van der Waals surface area contributed by atoms with E-state index in [2.05, 4.69) is 53.2 Å². The molecule has 6 nitrogen and oxygen atoms in total. The molecule has 0 aromatic heterocycles. The van der Waals surface area contributed by atoms with E-state index >= 15 is 0 Å². The lowest BCUT2D eigenvalue weighted by Crippen LogP contribution is -2.48. The molecule has 2 aromatic rings. The second kappa shape index (κ2) is 13.5. The molecule has 1 amide bonds. The number of nitrogens with one attached hydrogen (secondary N) is 3. The molecule has 3 rings (SSSR count). The minimum atomic E-state index is -0.0440. The van der Waals surface area contributed by atoms with E-state index in [1.807, 2.05) is 43.3 Å². The van der Waals surface area contributed by atoms with Crippen molar-refractivity contribution < 1.29 is 4.79 Å². The average Bonchev–Trinajstić information content (AvgIpc) is 2.77. The van der Waals surface area contributed by atoms with Gasteiger partial charge in [-0.3, -0.25) is 4.79 Å². The molecule has 0 saturated heterocycles. The minimum absolute atomic E-state index is 0. The Morgan fingerprint density at radius 2 is 1.79 bits per heavy atom. The lowest BCUT2D eigenvalue weighted by molar-refractivity contribution is 0.0951. The van der Waals surface area contributed by atoms with Crippen LogP contribution in [-0.4, -0.2) is 57.0 Å². The van der Waals surface area contributed by atoms with Crippen molar-refractivity contribution in [1.82, 2.24) is 20.9 Å². The van der Waals surface area contributed by atoms with Gasteiger partial charge in [0.1, 0.15) is 0 Å². The fourth-order valence-electron chi connectivity index (χ4n) is 4.03. The van der Waals surface area contributed by atoms with E-state index in [4.69, 9.17) is 4.99 Å². The topological polar surface area (TPSA) is 68.8 Å². The van der Waals surface area contributed by atoms with Crippen molar-refractivity contribution in [2.75, 3.05) is 40.3 Å². The van der Waals surface area contributed by atoms with Crippen LogP contribution in [0, 0.1) is 0 Å².